The molecule has 11 atom stereocenters. The Labute approximate surface area is 492 Å². The highest BCUT2D eigenvalue weighted by molar-refractivity contribution is 5.90. The molecule has 2 fully saturated rings. The monoisotopic (exact) mass is 1130 g/mol. The fourth-order valence-corrected chi connectivity index (χ4v) is 17.0. The van der Waals surface area contributed by atoms with Crippen molar-refractivity contribution in [1.82, 2.24) is 0 Å². The topological polar surface area (TPSA) is 162 Å². The summed E-state index contributed by atoms with van der Waals surface area (Å²) in [5.74, 6) is -1.87. The van der Waals surface area contributed by atoms with Gasteiger partial charge in [-0.05, 0) is 163 Å². The zero-order valence-electron chi connectivity index (χ0n) is 48.6. The number of rotatable bonds is 10. The van der Waals surface area contributed by atoms with E-state index >= 15 is 9.59 Å². The van der Waals surface area contributed by atoms with Crippen LogP contribution in [0.2, 0.25) is 0 Å². The number of benzene rings is 5. The number of esters is 2. The van der Waals surface area contributed by atoms with Crippen LogP contribution in [0.3, 0.4) is 0 Å². The SMILES string of the molecule is COCC(CCO)c1c(CO)c2ccc3c(c2oc1=O)C1OC(=O)CC2CC(c4cccc(C5(c6ccccc6)CCCCC5)c4)C=CC2c2ccc4c(c2)CCC2C5C=Cc6ccccc6C5CC2C(C)(O3)C1OC(=O)C(=C(C)CO)CC4. The molecular formula is C73H78O11. The molecule has 84 heavy (non-hydrogen) atoms. The van der Waals surface area contributed by atoms with E-state index in [1.807, 2.05) is 6.92 Å². The Morgan fingerprint density at radius 2 is 1.60 bits per heavy atom. The number of ether oxygens (including phenoxy) is 4. The number of allylic oxidation sites excluding steroid dienone is 3. The van der Waals surface area contributed by atoms with Crippen molar-refractivity contribution in [2.45, 2.75) is 151 Å². The predicted molar refractivity (Wildman–Crippen MR) is 323 cm³/mol. The van der Waals surface area contributed by atoms with Crippen molar-refractivity contribution in [3.05, 3.63) is 210 Å². The van der Waals surface area contributed by atoms with E-state index in [9.17, 15) is 20.1 Å². The summed E-state index contributed by atoms with van der Waals surface area (Å²) in [4.78, 5) is 46.0. The molecule has 0 saturated heterocycles. The van der Waals surface area contributed by atoms with Gasteiger partial charge in [0.15, 0.2) is 17.8 Å². The largest absolute Gasteiger partial charge is 0.483 e. The van der Waals surface area contributed by atoms with Crippen molar-refractivity contribution in [2.75, 3.05) is 26.9 Å². The minimum atomic E-state index is -1.37. The summed E-state index contributed by atoms with van der Waals surface area (Å²) in [6.45, 7) is 2.70. The van der Waals surface area contributed by atoms with Gasteiger partial charge in [0.25, 0.3) is 0 Å². The second-order valence-corrected chi connectivity index (χ2v) is 25.5. The molecule has 0 spiro atoms. The van der Waals surface area contributed by atoms with Gasteiger partial charge in [0, 0.05) is 65.7 Å². The fraction of sp³-hybridized carbons (Fsp3) is 0.438. The number of aryl methyl sites for hydroxylation is 2. The molecule has 2 saturated carbocycles. The third-order valence-electron chi connectivity index (χ3n) is 21.1. The Morgan fingerprint density at radius 1 is 0.786 bits per heavy atom. The first kappa shape index (κ1) is 56.3. The molecule has 0 amide bonds. The molecule has 4 aliphatic carbocycles. The maximum absolute atomic E-state index is 15.8. The second-order valence-electron chi connectivity index (χ2n) is 25.5. The lowest BCUT2D eigenvalue weighted by atomic mass is 9.64. The van der Waals surface area contributed by atoms with Crippen LogP contribution in [0.15, 0.2) is 148 Å². The van der Waals surface area contributed by atoms with Crippen LogP contribution < -0.4 is 10.4 Å². The van der Waals surface area contributed by atoms with E-state index in [2.05, 4.69) is 121 Å². The molecule has 11 heteroatoms. The minimum Gasteiger partial charge on any atom is -0.483 e. The molecule has 3 N–H and O–H groups in total. The van der Waals surface area contributed by atoms with Gasteiger partial charge in [-0.25, -0.2) is 9.59 Å². The van der Waals surface area contributed by atoms with Crippen molar-refractivity contribution in [2.24, 2.45) is 23.7 Å². The van der Waals surface area contributed by atoms with Crippen LogP contribution in [0.5, 0.6) is 5.75 Å². The smallest absolute Gasteiger partial charge is 0.340 e. The van der Waals surface area contributed by atoms with Gasteiger partial charge in [-0.2, -0.15) is 0 Å². The van der Waals surface area contributed by atoms with Crippen molar-refractivity contribution >= 4 is 29.0 Å². The lowest BCUT2D eigenvalue weighted by Gasteiger charge is -2.50. The Balaban J connectivity index is 1.00. The average molecular weight is 1130 g/mol. The number of methoxy groups -OCH3 is 1. The number of hydrogen-bond acceptors (Lipinski definition) is 11. The van der Waals surface area contributed by atoms with Crippen molar-refractivity contribution in [1.29, 1.82) is 0 Å². The fourth-order valence-electron chi connectivity index (χ4n) is 17.0. The Bertz CT molecular complexity index is 3630. The third kappa shape index (κ3) is 9.81. The summed E-state index contributed by atoms with van der Waals surface area (Å²) in [6.07, 6.45) is 16.3. The molecule has 6 aromatic rings. The van der Waals surface area contributed by atoms with Crippen LogP contribution in [0.25, 0.3) is 17.0 Å². The molecule has 5 aromatic carbocycles. The molecular weight excluding hydrogens is 1050 g/mol. The van der Waals surface area contributed by atoms with E-state index in [-0.39, 0.29) is 103 Å². The number of aliphatic hydroxyl groups excluding tert-OH is 3. The van der Waals surface area contributed by atoms with E-state index in [0.29, 0.717) is 47.1 Å². The van der Waals surface area contributed by atoms with Crippen molar-refractivity contribution < 1.29 is 48.3 Å². The molecule has 436 valence electrons. The predicted octanol–water partition coefficient (Wildman–Crippen LogP) is 13.1. The summed E-state index contributed by atoms with van der Waals surface area (Å²) in [6, 6.07) is 39.1. The molecule has 4 heterocycles. The van der Waals surface area contributed by atoms with Gasteiger partial charge >= 0.3 is 17.6 Å². The zero-order valence-corrected chi connectivity index (χ0v) is 48.6. The Hall–Kier alpha value is -6.89. The molecule has 0 radical (unpaired) electrons. The maximum atomic E-state index is 15.8. The number of aliphatic hydroxyl groups is 3. The van der Waals surface area contributed by atoms with Gasteiger partial charge in [-0.1, -0.05) is 141 Å². The zero-order chi connectivity index (χ0) is 57.9. The quantitative estimate of drug-likeness (QED) is 0.0518. The second kappa shape index (κ2) is 23.2. The third-order valence-corrected chi connectivity index (χ3v) is 21.1. The highest BCUT2D eigenvalue weighted by Crippen LogP contribution is 2.61. The van der Waals surface area contributed by atoms with Crippen LogP contribution in [0.1, 0.15) is 175 Å². The highest BCUT2D eigenvalue weighted by Gasteiger charge is 2.62. The number of fused-ring (bicyclic) bond motifs is 11. The van der Waals surface area contributed by atoms with Crippen LogP contribution >= 0.6 is 0 Å². The highest BCUT2D eigenvalue weighted by atomic mass is 16.6. The van der Waals surface area contributed by atoms with Crippen LogP contribution in [-0.2, 0) is 48.7 Å². The van der Waals surface area contributed by atoms with E-state index in [4.69, 9.17) is 23.4 Å². The lowest BCUT2D eigenvalue weighted by molar-refractivity contribution is -0.202. The first-order valence-electron chi connectivity index (χ1n) is 30.9. The van der Waals surface area contributed by atoms with Crippen LogP contribution in [-0.4, -0.2) is 65.9 Å². The van der Waals surface area contributed by atoms with Crippen LogP contribution in [0, 0.1) is 23.7 Å². The van der Waals surface area contributed by atoms with Gasteiger partial charge in [-0.15, -0.1) is 0 Å². The minimum absolute atomic E-state index is 0.0000425. The summed E-state index contributed by atoms with van der Waals surface area (Å²) < 4.78 is 33.8. The normalized spacial score (nSPS) is 28.7. The molecule has 7 aliphatic rings. The van der Waals surface area contributed by atoms with Gasteiger partial charge in [0.05, 0.1) is 25.4 Å². The van der Waals surface area contributed by atoms with E-state index < -0.39 is 47.9 Å². The summed E-state index contributed by atoms with van der Waals surface area (Å²) in [7, 11) is 1.52. The van der Waals surface area contributed by atoms with Crippen molar-refractivity contribution in [3.8, 4) is 5.75 Å². The van der Waals surface area contributed by atoms with Gasteiger partial charge < -0.3 is 38.7 Å². The van der Waals surface area contributed by atoms with Gasteiger partial charge in [0.2, 0.25) is 0 Å². The summed E-state index contributed by atoms with van der Waals surface area (Å²) in [5.41, 5.74) is 9.20. The van der Waals surface area contributed by atoms with Gasteiger partial charge in [-0.3, -0.25) is 4.79 Å². The number of carbonyl (C=O) groups excluding carboxylic acids is 2. The van der Waals surface area contributed by atoms with E-state index in [1.165, 1.54) is 59.8 Å². The maximum Gasteiger partial charge on any atom is 0.340 e. The standard InChI is InChI=1S/C73H78O11/c1-43(40-75)54-25-21-44-19-20-49-35-47(44)24-28-58-57-27-22-45-13-8-9-18-56(45)60(57)39-62(58)72(2)69(83-70(54)78)68(66-63(84-72)30-29-59-61(41-76)65(71(79)82-67(59)66)50(31-34-74)42-80-3)81-64(77)38-51-36-48(23-26-55(49)51)46-14-12-17-53(37-46)73(32-10-5-11-33-73)52-15-6-4-7-16-52/h4,6-9,12-20,22-23,26-27,29-30,35,37,48,50-51,55,57-58,60,62,68-69,74-76H,5,10-11,21,24-25,28,31-34,36,38-42H2,1-3H3. The summed E-state index contributed by atoms with van der Waals surface area (Å²) >= 11 is 0. The van der Waals surface area contributed by atoms with Gasteiger partial charge in [0.1, 0.15) is 11.3 Å². The summed E-state index contributed by atoms with van der Waals surface area (Å²) in [5, 5.41) is 32.7. The lowest BCUT2D eigenvalue weighted by Crippen LogP contribution is -2.59. The molecule has 11 unspecified atom stereocenters. The number of hydrogen-bond donors (Lipinski definition) is 3. The Kier molecular flexibility index (Phi) is 15.5. The van der Waals surface area contributed by atoms with E-state index in [1.54, 1.807) is 19.1 Å². The Morgan fingerprint density at radius 3 is 2.39 bits per heavy atom. The van der Waals surface area contributed by atoms with E-state index in [0.717, 1.165) is 36.8 Å². The molecule has 13 rings (SSSR count). The first-order valence-corrected chi connectivity index (χ1v) is 30.9. The molecule has 11 nitrogen and oxygen atoms in total. The van der Waals surface area contributed by atoms with Crippen LogP contribution in [0.4, 0.5) is 0 Å². The first-order chi connectivity index (χ1) is 40.9. The van der Waals surface area contributed by atoms with Crippen molar-refractivity contribution in [3.63, 3.8) is 0 Å². The molecule has 3 aliphatic heterocycles. The molecule has 1 aromatic heterocycles. The molecule has 5 bridgehead atoms. The number of carbonyl (C=O) groups is 2. The average Bonchev–Trinajstić information content (AvgIpc) is 1.40.